The van der Waals surface area contributed by atoms with Gasteiger partial charge in [-0.05, 0) is 20.3 Å². The number of amides is 1. The fourth-order valence-corrected chi connectivity index (χ4v) is 1.26. The predicted molar refractivity (Wildman–Crippen MR) is 46.6 cm³/mol. The zero-order chi connectivity index (χ0) is 10.0. The molecule has 0 aromatic carbocycles. The molecule has 4 heteroatoms. The van der Waals surface area contributed by atoms with Crippen molar-refractivity contribution in [2.75, 3.05) is 7.11 Å². The van der Waals surface area contributed by atoms with Crippen LogP contribution >= 0.6 is 0 Å². The van der Waals surface area contributed by atoms with Gasteiger partial charge in [0, 0.05) is 5.70 Å². The molecule has 1 heterocycles. The number of nitrogens with one attached hydrogen (secondary N) is 1. The summed E-state index contributed by atoms with van der Waals surface area (Å²) in [6, 6.07) is 0. The van der Waals surface area contributed by atoms with Gasteiger partial charge in [-0.3, -0.25) is 9.59 Å². The van der Waals surface area contributed by atoms with Gasteiger partial charge in [0.05, 0.1) is 7.11 Å². The quantitative estimate of drug-likeness (QED) is 0.478. The van der Waals surface area contributed by atoms with Gasteiger partial charge in [0.25, 0.3) is 0 Å². The Kier molecular flexibility index (Phi) is 2.70. The Morgan fingerprint density at radius 1 is 1.54 bits per heavy atom. The van der Waals surface area contributed by atoms with E-state index in [-0.39, 0.29) is 5.91 Å². The molecule has 0 bridgehead atoms. The number of hydrogen-bond acceptors (Lipinski definition) is 3. The Bertz CT molecular complexity index is 281. The summed E-state index contributed by atoms with van der Waals surface area (Å²) in [5.41, 5.74) is 1.86. The first-order valence-electron chi connectivity index (χ1n) is 4.11. The molecule has 1 aliphatic rings. The first-order valence-corrected chi connectivity index (χ1v) is 4.11. The van der Waals surface area contributed by atoms with Gasteiger partial charge < -0.3 is 10.1 Å². The molecule has 4 nitrogen and oxygen atoms in total. The number of carbonyl (C=O) groups excluding carboxylic acids is 2. The topological polar surface area (TPSA) is 55.4 Å². The molecule has 1 aliphatic heterocycles. The number of esters is 1. The van der Waals surface area contributed by atoms with Crippen LogP contribution in [0.1, 0.15) is 20.3 Å². The second kappa shape index (κ2) is 3.60. The van der Waals surface area contributed by atoms with Crippen LogP contribution in [0.5, 0.6) is 0 Å². The van der Waals surface area contributed by atoms with Gasteiger partial charge in [0.15, 0.2) is 0 Å². The number of methoxy groups -OCH3 is 1. The summed E-state index contributed by atoms with van der Waals surface area (Å²) >= 11 is 0. The second-order valence-corrected chi connectivity index (χ2v) is 3.17. The van der Waals surface area contributed by atoms with Crippen LogP contribution in [0.25, 0.3) is 0 Å². The van der Waals surface area contributed by atoms with Crippen LogP contribution < -0.4 is 5.32 Å². The van der Waals surface area contributed by atoms with Crippen molar-refractivity contribution >= 4 is 11.9 Å². The highest BCUT2D eigenvalue weighted by Crippen LogP contribution is 2.20. The highest BCUT2D eigenvalue weighted by Gasteiger charge is 2.31. The average molecular weight is 183 g/mol. The summed E-state index contributed by atoms with van der Waals surface area (Å²) < 4.78 is 4.52. The predicted octanol–water partition coefficient (Wildman–Crippen LogP) is 0.589. The molecule has 1 amide bonds. The molecular weight excluding hydrogens is 170 g/mol. The van der Waals surface area contributed by atoms with Gasteiger partial charge >= 0.3 is 5.97 Å². The first kappa shape index (κ1) is 9.77. The molecule has 0 aliphatic carbocycles. The number of allylic oxidation sites excluding steroid dienone is 2. The highest BCUT2D eigenvalue weighted by molar-refractivity contribution is 5.99. The Hall–Kier alpha value is -1.32. The molecule has 1 unspecified atom stereocenters. The van der Waals surface area contributed by atoms with Crippen LogP contribution in [-0.2, 0) is 14.3 Å². The average Bonchev–Trinajstić information content (AvgIpc) is 2.10. The maximum atomic E-state index is 11.3. The lowest BCUT2D eigenvalue weighted by Crippen LogP contribution is -2.39. The van der Waals surface area contributed by atoms with E-state index >= 15 is 0 Å². The lowest BCUT2D eigenvalue weighted by molar-refractivity contribution is -0.150. The standard InChI is InChI=1S/C9H13NO3/c1-5-4-7(9(12)13-3)8(11)10-6(5)2/h7H,4H2,1-3H3,(H,10,11). The van der Waals surface area contributed by atoms with Crippen LogP contribution in [0.4, 0.5) is 0 Å². The van der Waals surface area contributed by atoms with Crippen molar-refractivity contribution in [1.82, 2.24) is 5.32 Å². The number of ether oxygens (including phenoxy) is 1. The lowest BCUT2D eigenvalue weighted by atomic mass is 9.95. The summed E-state index contributed by atoms with van der Waals surface area (Å²) in [6.07, 6.45) is 0.463. The third-order valence-corrected chi connectivity index (χ3v) is 2.26. The Labute approximate surface area is 76.9 Å². The van der Waals surface area contributed by atoms with Crippen LogP contribution in [-0.4, -0.2) is 19.0 Å². The van der Waals surface area contributed by atoms with Gasteiger partial charge in [-0.15, -0.1) is 0 Å². The van der Waals surface area contributed by atoms with Crippen molar-refractivity contribution in [3.05, 3.63) is 11.3 Å². The van der Waals surface area contributed by atoms with Gasteiger partial charge in [-0.2, -0.15) is 0 Å². The Balaban J connectivity index is 2.82. The minimum Gasteiger partial charge on any atom is -0.468 e. The first-order chi connectivity index (χ1) is 6.06. The SMILES string of the molecule is COC(=O)C1CC(C)=C(C)NC1=O. The van der Waals surface area contributed by atoms with E-state index in [1.54, 1.807) is 0 Å². The highest BCUT2D eigenvalue weighted by atomic mass is 16.5. The molecule has 72 valence electrons. The van der Waals surface area contributed by atoms with Crippen molar-refractivity contribution < 1.29 is 14.3 Å². The van der Waals surface area contributed by atoms with Crippen molar-refractivity contribution in [3.8, 4) is 0 Å². The summed E-state index contributed by atoms with van der Waals surface area (Å²) in [6.45, 7) is 3.71. The van der Waals surface area contributed by atoms with E-state index < -0.39 is 11.9 Å². The number of hydrogen-bond donors (Lipinski definition) is 1. The molecule has 0 aromatic heterocycles. The molecule has 1 rings (SSSR count). The van der Waals surface area contributed by atoms with Crippen LogP contribution in [0.2, 0.25) is 0 Å². The third kappa shape index (κ3) is 1.88. The fourth-order valence-electron chi connectivity index (χ4n) is 1.26. The lowest BCUT2D eigenvalue weighted by Gasteiger charge is -2.22. The zero-order valence-corrected chi connectivity index (χ0v) is 8.01. The summed E-state index contributed by atoms with van der Waals surface area (Å²) in [7, 11) is 1.29. The maximum absolute atomic E-state index is 11.3. The third-order valence-electron chi connectivity index (χ3n) is 2.26. The van der Waals surface area contributed by atoms with Crippen LogP contribution in [0.3, 0.4) is 0 Å². The molecular formula is C9H13NO3. The second-order valence-electron chi connectivity index (χ2n) is 3.17. The fraction of sp³-hybridized carbons (Fsp3) is 0.556. The molecule has 1 N–H and O–H groups in total. The smallest absolute Gasteiger partial charge is 0.318 e. The number of carbonyl (C=O) groups is 2. The molecule has 0 radical (unpaired) electrons. The monoisotopic (exact) mass is 183 g/mol. The number of rotatable bonds is 1. The van der Waals surface area contributed by atoms with Gasteiger partial charge in [0.1, 0.15) is 5.92 Å². The minimum atomic E-state index is -0.673. The Morgan fingerprint density at radius 2 is 2.15 bits per heavy atom. The van der Waals surface area contributed by atoms with E-state index in [0.717, 1.165) is 11.3 Å². The summed E-state index contributed by atoms with van der Waals surface area (Å²) in [5.74, 6) is -1.41. The van der Waals surface area contributed by atoms with E-state index in [2.05, 4.69) is 10.1 Å². The molecule has 13 heavy (non-hydrogen) atoms. The normalized spacial score (nSPS) is 22.7. The van der Waals surface area contributed by atoms with E-state index in [1.807, 2.05) is 13.8 Å². The van der Waals surface area contributed by atoms with Crippen LogP contribution in [0.15, 0.2) is 11.3 Å². The van der Waals surface area contributed by atoms with E-state index in [1.165, 1.54) is 7.11 Å². The minimum absolute atomic E-state index is 0.269. The van der Waals surface area contributed by atoms with E-state index in [0.29, 0.717) is 6.42 Å². The van der Waals surface area contributed by atoms with Crippen LogP contribution in [0, 0.1) is 5.92 Å². The molecule has 0 spiro atoms. The van der Waals surface area contributed by atoms with Gasteiger partial charge in [0.2, 0.25) is 5.91 Å². The van der Waals surface area contributed by atoms with Gasteiger partial charge in [-0.25, -0.2) is 0 Å². The largest absolute Gasteiger partial charge is 0.468 e. The maximum Gasteiger partial charge on any atom is 0.318 e. The van der Waals surface area contributed by atoms with Crippen molar-refractivity contribution in [3.63, 3.8) is 0 Å². The van der Waals surface area contributed by atoms with E-state index in [9.17, 15) is 9.59 Å². The zero-order valence-electron chi connectivity index (χ0n) is 8.01. The van der Waals surface area contributed by atoms with Crippen molar-refractivity contribution in [2.45, 2.75) is 20.3 Å². The summed E-state index contributed by atoms with van der Waals surface area (Å²) in [4.78, 5) is 22.4. The molecule has 0 fully saturated rings. The summed E-state index contributed by atoms with van der Waals surface area (Å²) in [5, 5.41) is 2.63. The Morgan fingerprint density at radius 3 is 2.69 bits per heavy atom. The van der Waals surface area contributed by atoms with Crippen molar-refractivity contribution in [1.29, 1.82) is 0 Å². The van der Waals surface area contributed by atoms with Gasteiger partial charge in [-0.1, -0.05) is 5.57 Å². The molecule has 0 aromatic rings. The van der Waals surface area contributed by atoms with E-state index in [4.69, 9.17) is 0 Å². The molecule has 1 atom stereocenters. The molecule has 0 saturated carbocycles. The molecule has 0 saturated heterocycles. The van der Waals surface area contributed by atoms with Crippen molar-refractivity contribution in [2.24, 2.45) is 5.92 Å².